The van der Waals surface area contributed by atoms with Gasteiger partial charge in [-0.05, 0) is 89.6 Å². The van der Waals surface area contributed by atoms with E-state index in [4.69, 9.17) is 0 Å². The summed E-state index contributed by atoms with van der Waals surface area (Å²) >= 11 is 3.43. The largest absolute Gasteiger partial charge is 0.379 e. The molecule has 50 heavy (non-hydrogen) atoms. The molecule has 264 valence electrons. The third-order valence-electron chi connectivity index (χ3n) is 10.9. The highest BCUT2D eigenvalue weighted by atomic mass is 79.9. The molecule has 0 radical (unpaired) electrons. The zero-order valence-corrected chi connectivity index (χ0v) is 30.5. The molecule has 4 aliphatic rings. The molecule has 7 rings (SSSR count). The summed E-state index contributed by atoms with van der Waals surface area (Å²) in [4.78, 5) is 58.8. The number of nitrogens with zero attached hydrogens (tertiary/aromatic N) is 6. The maximum absolute atomic E-state index is 13.4. The fourth-order valence-corrected chi connectivity index (χ4v) is 8.49. The lowest BCUT2D eigenvalue weighted by Crippen LogP contribution is -2.64. The molecule has 4 fully saturated rings. The number of piperidine rings is 2. The first-order valence-electron chi connectivity index (χ1n) is 17.5. The molecule has 13 heteroatoms. The van der Waals surface area contributed by atoms with E-state index >= 15 is 0 Å². The van der Waals surface area contributed by atoms with Crippen LogP contribution >= 0.6 is 15.9 Å². The molecule has 5 heterocycles. The number of halogens is 1. The Labute approximate surface area is 300 Å². The lowest BCUT2D eigenvalue weighted by molar-refractivity contribution is -0.134. The number of imide groups is 1. The maximum atomic E-state index is 13.4. The standard InChI is InChI=1S/C37H45BrN8O4/c1-23-16-28(8-9-30(23)31-10-11-33(47)41-35(31)48)44-12-14-45(15-13-44)29-21-46(22-29)36(49)25-6-4-24(5-7-25)26-17-27(20-42(2)19-26)40-32-18-39-43(3)37(50)34(32)38/h4-9,16,18,26-27,29,31,40H,10-15,17,19-22H2,1-3H3,(H,41,47,48)/t26-,27+,31?/m1/s1. The average molecular weight is 746 g/mol. The van der Waals surface area contributed by atoms with Crippen molar-refractivity contribution in [2.24, 2.45) is 7.05 Å². The Kier molecular flexibility index (Phi) is 9.82. The Morgan fingerprint density at radius 1 is 0.960 bits per heavy atom. The number of piperazine rings is 1. The smallest absolute Gasteiger partial charge is 0.282 e. The third kappa shape index (κ3) is 7.08. The quantitative estimate of drug-likeness (QED) is 0.352. The van der Waals surface area contributed by atoms with E-state index in [2.05, 4.69) is 83.7 Å². The molecule has 0 aliphatic carbocycles. The number of likely N-dealkylation sites (tertiary alicyclic amines) is 2. The summed E-state index contributed by atoms with van der Waals surface area (Å²) < 4.78 is 1.80. The van der Waals surface area contributed by atoms with Crippen molar-refractivity contribution in [2.45, 2.75) is 50.1 Å². The van der Waals surface area contributed by atoms with Gasteiger partial charge < -0.3 is 20.0 Å². The van der Waals surface area contributed by atoms with Crippen molar-refractivity contribution >= 4 is 45.0 Å². The van der Waals surface area contributed by atoms with Crippen molar-refractivity contribution in [1.29, 1.82) is 0 Å². The number of benzene rings is 2. The summed E-state index contributed by atoms with van der Waals surface area (Å²) in [5.74, 6) is -0.270. The number of carbonyl (C=O) groups is 3. The second-order valence-corrected chi connectivity index (χ2v) is 15.1. The van der Waals surface area contributed by atoms with Gasteiger partial charge in [0.15, 0.2) is 0 Å². The highest BCUT2D eigenvalue weighted by Crippen LogP contribution is 2.32. The normalized spacial score (nSPS) is 23.8. The topological polar surface area (TPSA) is 123 Å². The molecule has 0 bridgehead atoms. The molecular formula is C37H45BrN8O4. The van der Waals surface area contributed by atoms with Crippen molar-refractivity contribution in [3.05, 3.63) is 85.7 Å². The van der Waals surface area contributed by atoms with Crippen molar-refractivity contribution in [1.82, 2.24) is 29.8 Å². The Balaban J connectivity index is 0.888. The number of aromatic nitrogens is 2. The summed E-state index contributed by atoms with van der Waals surface area (Å²) in [6.07, 6.45) is 3.54. The van der Waals surface area contributed by atoms with Gasteiger partial charge in [0.05, 0.1) is 17.8 Å². The van der Waals surface area contributed by atoms with Gasteiger partial charge in [0.2, 0.25) is 11.8 Å². The minimum absolute atomic E-state index is 0.0846. The van der Waals surface area contributed by atoms with Crippen LogP contribution in [0, 0.1) is 6.92 Å². The molecule has 4 saturated heterocycles. The molecule has 4 aliphatic heterocycles. The molecule has 0 saturated carbocycles. The number of aryl methyl sites for hydroxylation is 2. The van der Waals surface area contributed by atoms with E-state index in [9.17, 15) is 19.2 Å². The van der Waals surface area contributed by atoms with Crippen LogP contribution in [0.15, 0.2) is 57.9 Å². The molecule has 1 unspecified atom stereocenters. The maximum Gasteiger partial charge on any atom is 0.282 e. The second kappa shape index (κ2) is 14.3. The monoisotopic (exact) mass is 744 g/mol. The van der Waals surface area contributed by atoms with Crippen molar-refractivity contribution in [2.75, 3.05) is 69.6 Å². The lowest BCUT2D eigenvalue weighted by atomic mass is 9.87. The van der Waals surface area contributed by atoms with Crippen LogP contribution in [-0.4, -0.2) is 114 Å². The van der Waals surface area contributed by atoms with E-state index in [0.29, 0.717) is 35.0 Å². The van der Waals surface area contributed by atoms with Crippen LogP contribution in [0.2, 0.25) is 0 Å². The van der Waals surface area contributed by atoms with Crippen LogP contribution in [0.4, 0.5) is 11.4 Å². The number of nitrogens with one attached hydrogen (secondary N) is 2. The lowest BCUT2D eigenvalue weighted by Gasteiger charge is -2.48. The number of anilines is 2. The SMILES string of the molecule is Cc1cc(N2CCN(C3CN(C(=O)c4ccc([C@@H]5C[C@H](Nc6cnn(C)c(=O)c6Br)CN(C)C5)cc4)C3)CC2)ccc1C1CCC(=O)NC1=O. The predicted molar refractivity (Wildman–Crippen MR) is 196 cm³/mol. The van der Waals surface area contributed by atoms with Crippen LogP contribution in [0.3, 0.4) is 0 Å². The summed E-state index contributed by atoms with van der Waals surface area (Å²) in [5, 5.41) is 10.1. The minimum atomic E-state index is -0.267. The fourth-order valence-electron chi connectivity index (χ4n) is 8.01. The molecular weight excluding hydrogens is 700 g/mol. The van der Waals surface area contributed by atoms with Gasteiger partial charge in [-0.2, -0.15) is 5.10 Å². The predicted octanol–water partition coefficient (Wildman–Crippen LogP) is 2.92. The van der Waals surface area contributed by atoms with Crippen LogP contribution in [0.1, 0.15) is 58.1 Å². The number of carbonyl (C=O) groups excluding carboxylic acids is 3. The fraction of sp³-hybridized carbons (Fsp3) is 0.486. The first kappa shape index (κ1) is 34.4. The molecule has 2 aromatic carbocycles. The zero-order valence-electron chi connectivity index (χ0n) is 28.9. The van der Waals surface area contributed by atoms with Crippen LogP contribution in [0.25, 0.3) is 0 Å². The summed E-state index contributed by atoms with van der Waals surface area (Å²) in [5.41, 5.74) is 5.71. The van der Waals surface area contributed by atoms with Gasteiger partial charge in [0.25, 0.3) is 11.5 Å². The van der Waals surface area contributed by atoms with Gasteiger partial charge in [-0.3, -0.25) is 29.4 Å². The first-order chi connectivity index (χ1) is 24.0. The van der Waals surface area contributed by atoms with E-state index in [1.54, 1.807) is 13.2 Å². The molecule has 3 aromatic rings. The van der Waals surface area contributed by atoms with Gasteiger partial charge in [0, 0.05) is 89.2 Å². The molecule has 2 N–H and O–H groups in total. The molecule has 12 nitrogen and oxygen atoms in total. The Bertz CT molecular complexity index is 1830. The van der Waals surface area contributed by atoms with Gasteiger partial charge in [-0.1, -0.05) is 18.2 Å². The van der Waals surface area contributed by atoms with E-state index in [1.165, 1.54) is 10.2 Å². The summed E-state index contributed by atoms with van der Waals surface area (Å²) in [6, 6.07) is 15.0. The molecule has 1 aromatic heterocycles. The van der Waals surface area contributed by atoms with Crippen molar-refractivity contribution in [3.63, 3.8) is 0 Å². The number of amides is 3. The number of rotatable bonds is 7. The van der Waals surface area contributed by atoms with E-state index in [0.717, 1.165) is 81.2 Å². The number of likely N-dealkylation sites (N-methyl/N-ethyl adjacent to an activating group) is 1. The molecule has 3 amide bonds. The van der Waals surface area contributed by atoms with Crippen LogP contribution in [-0.2, 0) is 16.6 Å². The van der Waals surface area contributed by atoms with E-state index < -0.39 is 0 Å². The number of hydrogen-bond acceptors (Lipinski definition) is 9. The molecule has 0 spiro atoms. The van der Waals surface area contributed by atoms with Crippen molar-refractivity contribution < 1.29 is 14.4 Å². The van der Waals surface area contributed by atoms with Gasteiger partial charge in [-0.15, -0.1) is 0 Å². The van der Waals surface area contributed by atoms with E-state index in [-0.39, 0.29) is 35.2 Å². The number of hydrogen-bond donors (Lipinski definition) is 2. The van der Waals surface area contributed by atoms with Crippen LogP contribution < -0.4 is 21.1 Å². The summed E-state index contributed by atoms with van der Waals surface area (Å²) in [6.45, 7) is 9.02. The minimum Gasteiger partial charge on any atom is -0.379 e. The zero-order chi connectivity index (χ0) is 35.1. The van der Waals surface area contributed by atoms with Gasteiger partial charge in [-0.25, -0.2) is 4.68 Å². The van der Waals surface area contributed by atoms with Crippen LogP contribution in [0.5, 0.6) is 0 Å². The Hall–Kier alpha value is -4.07. The first-order valence-corrected chi connectivity index (χ1v) is 18.3. The van der Waals surface area contributed by atoms with Crippen molar-refractivity contribution in [3.8, 4) is 0 Å². The summed E-state index contributed by atoms with van der Waals surface area (Å²) in [7, 11) is 3.75. The van der Waals surface area contributed by atoms with E-state index in [1.807, 2.05) is 24.0 Å². The van der Waals surface area contributed by atoms with Gasteiger partial charge in [0.1, 0.15) is 4.47 Å². The average Bonchev–Trinajstić information content (AvgIpc) is 3.08. The Morgan fingerprint density at radius 2 is 1.70 bits per heavy atom. The van der Waals surface area contributed by atoms with Gasteiger partial charge >= 0.3 is 0 Å². The molecule has 3 atom stereocenters. The second-order valence-electron chi connectivity index (χ2n) is 14.3. The Morgan fingerprint density at radius 3 is 2.40 bits per heavy atom. The third-order valence-corrected chi connectivity index (χ3v) is 11.7. The highest BCUT2D eigenvalue weighted by Gasteiger charge is 2.37. The highest BCUT2D eigenvalue weighted by molar-refractivity contribution is 9.10.